The van der Waals surface area contributed by atoms with Crippen LogP contribution in [0.1, 0.15) is 35.2 Å². The van der Waals surface area contributed by atoms with Gasteiger partial charge in [0.15, 0.2) is 0 Å². The number of carbonyl (C=O) groups is 2. The molecule has 0 atom stereocenters. The topological polar surface area (TPSA) is 100 Å². The molecular weight excluding hydrogens is 393 g/mol. The lowest BCUT2D eigenvalue weighted by Gasteiger charge is -2.03. The molecule has 2 heterocycles. The molecule has 2 aromatic heterocycles. The molecule has 0 aliphatic carbocycles. The second kappa shape index (κ2) is 8.25. The zero-order valence-corrected chi connectivity index (χ0v) is 15.1. The minimum absolute atomic E-state index is 0.106. The summed E-state index contributed by atoms with van der Waals surface area (Å²) in [6, 6.07) is 6.38. The molecule has 0 N–H and O–H groups in total. The smallest absolute Gasteiger partial charge is 0.460 e. The summed E-state index contributed by atoms with van der Waals surface area (Å²) in [5.41, 5.74) is 1.21. The molecule has 0 saturated carbocycles. The highest BCUT2D eigenvalue weighted by atomic mass is 19.4. The van der Waals surface area contributed by atoms with Gasteiger partial charge in [0.25, 0.3) is 5.78 Å². The lowest BCUT2D eigenvalue weighted by atomic mass is 10.1. The van der Waals surface area contributed by atoms with Crippen molar-refractivity contribution < 1.29 is 32.0 Å². The Hall–Kier alpha value is -3.50. The molecule has 0 spiro atoms. The maximum atomic E-state index is 12.5. The van der Waals surface area contributed by atoms with Crippen LogP contribution in [0, 0.1) is 0 Å². The van der Waals surface area contributed by atoms with Crippen LogP contribution in [-0.4, -0.2) is 38.3 Å². The highest BCUT2D eigenvalue weighted by Gasteiger charge is 2.38. The first-order valence-electron chi connectivity index (χ1n) is 8.52. The van der Waals surface area contributed by atoms with Crippen LogP contribution in [0.3, 0.4) is 0 Å². The first kappa shape index (κ1) is 20.2. The molecule has 0 fully saturated rings. The van der Waals surface area contributed by atoms with E-state index < -0.39 is 23.8 Å². The van der Waals surface area contributed by atoms with Crippen LogP contribution in [0.4, 0.5) is 13.2 Å². The second-order valence-electron chi connectivity index (χ2n) is 6.01. The number of nitrogens with zero attached hydrogens (tertiary/aromatic N) is 4. The summed E-state index contributed by atoms with van der Waals surface area (Å²) in [4.78, 5) is 26.9. The first-order chi connectivity index (χ1) is 13.8. The third-order valence-corrected chi connectivity index (χ3v) is 3.74. The number of aromatic nitrogens is 4. The third-order valence-electron chi connectivity index (χ3n) is 3.74. The quantitative estimate of drug-likeness (QED) is 0.336. The number of Topliss-reactive ketones (excluding diaryl/α,β-unsaturated/α-hetero) is 1. The van der Waals surface area contributed by atoms with Gasteiger partial charge in [-0.3, -0.25) is 9.48 Å². The zero-order valence-electron chi connectivity index (χ0n) is 15.1. The van der Waals surface area contributed by atoms with Crippen LogP contribution in [0.2, 0.25) is 0 Å². The number of benzene rings is 1. The summed E-state index contributed by atoms with van der Waals surface area (Å²) in [6.07, 6.45) is -1.42. The largest absolute Gasteiger partial charge is 0.471 e. The number of carbonyl (C=O) groups excluding carboxylic acids is 2. The molecule has 11 heteroatoms. The third kappa shape index (κ3) is 4.86. The number of ketones is 1. The van der Waals surface area contributed by atoms with Crippen molar-refractivity contribution >= 4 is 11.8 Å². The van der Waals surface area contributed by atoms with E-state index in [2.05, 4.69) is 19.8 Å². The Labute approximate surface area is 162 Å². The second-order valence-corrected chi connectivity index (χ2v) is 6.01. The highest BCUT2D eigenvalue weighted by Crippen LogP contribution is 2.29. The van der Waals surface area contributed by atoms with Crippen molar-refractivity contribution in [1.29, 1.82) is 0 Å². The van der Waals surface area contributed by atoms with Gasteiger partial charge in [0, 0.05) is 11.8 Å². The van der Waals surface area contributed by atoms with Gasteiger partial charge >= 0.3 is 18.0 Å². The van der Waals surface area contributed by atoms with Crippen LogP contribution < -0.4 is 0 Å². The van der Waals surface area contributed by atoms with E-state index in [0.29, 0.717) is 12.0 Å². The van der Waals surface area contributed by atoms with Gasteiger partial charge in [-0.25, -0.2) is 4.79 Å². The highest BCUT2D eigenvalue weighted by molar-refractivity contribution is 6.40. The summed E-state index contributed by atoms with van der Waals surface area (Å²) in [5, 5.41) is 7.35. The predicted molar refractivity (Wildman–Crippen MR) is 91.6 cm³/mol. The van der Waals surface area contributed by atoms with Gasteiger partial charge in [-0.15, -0.1) is 0 Å². The molecule has 29 heavy (non-hydrogen) atoms. The number of ether oxygens (including phenoxy) is 1. The van der Waals surface area contributed by atoms with E-state index in [4.69, 9.17) is 4.74 Å². The molecule has 0 aliphatic rings. The van der Waals surface area contributed by atoms with E-state index in [-0.39, 0.29) is 24.5 Å². The van der Waals surface area contributed by atoms with Gasteiger partial charge in [-0.2, -0.15) is 23.3 Å². The molecule has 1 aromatic carbocycles. The van der Waals surface area contributed by atoms with Crippen LogP contribution in [0.5, 0.6) is 0 Å². The van der Waals surface area contributed by atoms with Crippen LogP contribution >= 0.6 is 0 Å². The summed E-state index contributed by atoms with van der Waals surface area (Å²) in [6.45, 7) is 2.25. The normalized spacial score (nSPS) is 11.4. The Morgan fingerprint density at radius 2 is 1.93 bits per heavy atom. The lowest BCUT2D eigenvalue weighted by molar-refractivity contribution is -0.159. The maximum Gasteiger partial charge on any atom is 0.471 e. The van der Waals surface area contributed by atoms with Crippen molar-refractivity contribution in [2.75, 3.05) is 6.61 Å². The Kier molecular flexibility index (Phi) is 5.76. The Balaban J connectivity index is 1.66. The average molecular weight is 408 g/mol. The SMILES string of the molecule is CCCOC(=O)C(=O)c1cnn(Cc2ccc(-c3noc(C(F)(F)F)n3)cc2)c1. The number of halogens is 3. The minimum atomic E-state index is -4.70. The number of esters is 1. The van der Waals surface area contributed by atoms with E-state index in [1.807, 2.05) is 6.92 Å². The minimum Gasteiger partial charge on any atom is -0.460 e. The maximum absolute atomic E-state index is 12.5. The summed E-state index contributed by atoms with van der Waals surface area (Å²) in [7, 11) is 0. The number of hydrogen-bond donors (Lipinski definition) is 0. The van der Waals surface area contributed by atoms with Gasteiger partial charge in [0.1, 0.15) is 0 Å². The van der Waals surface area contributed by atoms with Gasteiger partial charge in [-0.1, -0.05) is 36.3 Å². The van der Waals surface area contributed by atoms with Gasteiger partial charge in [0.05, 0.1) is 24.9 Å². The van der Waals surface area contributed by atoms with E-state index in [0.717, 1.165) is 5.56 Å². The molecular formula is C18H15F3N4O4. The summed E-state index contributed by atoms with van der Waals surface area (Å²) >= 11 is 0. The fraction of sp³-hybridized carbons (Fsp3) is 0.278. The Morgan fingerprint density at radius 3 is 2.55 bits per heavy atom. The Bertz CT molecular complexity index is 1010. The molecule has 0 bridgehead atoms. The predicted octanol–water partition coefficient (Wildman–Crippen LogP) is 3.14. The molecule has 0 radical (unpaired) electrons. The molecule has 3 rings (SSSR count). The molecule has 0 aliphatic heterocycles. The Morgan fingerprint density at radius 1 is 1.21 bits per heavy atom. The van der Waals surface area contributed by atoms with E-state index >= 15 is 0 Å². The van der Waals surface area contributed by atoms with Gasteiger partial charge in [0.2, 0.25) is 5.82 Å². The number of alkyl halides is 3. The molecule has 0 unspecified atom stereocenters. The van der Waals surface area contributed by atoms with Gasteiger partial charge < -0.3 is 9.26 Å². The number of hydrogen-bond acceptors (Lipinski definition) is 7. The molecule has 0 saturated heterocycles. The van der Waals surface area contributed by atoms with Crippen LogP contribution in [0.25, 0.3) is 11.4 Å². The molecule has 152 valence electrons. The number of rotatable bonds is 7. The van der Waals surface area contributed by atoms with Crippen molar-refractivity contribution in [3.8, 4) is 11.4 Å². The molecule has 0 amide bonds. The van der Waals surface area contributed by atoms with Crippen LogP contribution in [-0.2, 0) is 22.3 Å². The molecule has 3 aromatic rings. The van der Waals surface area contributed by atoms with Crippen molar-refractivity contribution in [2.45, 2.75) is 26.1 Å². The fourth-order valence-electron chi connectivity index (χ4n) is 2.35. The van der Waals surface area contributed by atoms with Crippen molar-refractivity contribution in [1.82, 2.24) is 19.9 Å². The van der Waals surface area contributed by atoms with Crippen LogP contribution in [0.15, 0.2) is 41.2 Å². The average Bonchev–Trinajstić information content (AvgIpc) is 3.36. The van der Waals surface area contributed by atoms with E-state index in [1.165, 1.54) is 29.2 Å². The summed E-state index contributed by atoms with van der Waals surface area (Å²) < 4.78 is 48.1. The fourth-order valence-corrected chi connectivity index (χ4v) is 2.35. The van der Waals surface area contributed by atoms with E-state index in [9.17, 15) is 22.8 Å². The monoisotopic (exact) mass is 408 g/mol. The first-order valence-corrected chi connectivity index (χ1v) is 8.52. The lowest BCUT2D eigenvalue weighted by Crippen LogP contribution is -2.17. The van der Waals surface area contributed by atoms with Crippen molar-refractivity contribution in [3.05, 3.63) is 53.7 Å². The molecule has 8 nitrogen and oxygen atoms in total. The summed E-state index contributed by atoms with van der Waals surface area (Å²) in [5.74, 6) is -3.31. The van der Waals surface area contributed by atoms with Crippen molar-refractivity contribution in [2.24, 2.45) is 0 Å². The van der Waals surface area contributed by atoms with Crippen molar-refractivity contribution in [3.63, 3.8) is 0 Å². The standard InChI is InChI=1S/C18H15F3N4O4/c1-2-7-28-16(27)14(26)13-8-22-25(10-13)9-11-3-5-12(6-4-11)15-23-17(29-24-15)18(19,20)21/h3-6,8,10H,2,7,9H2,1H3. The zero-order chi connectivity index (χ0) is 21.0. The van der Waals surface area contributed by atoms with Gasteiger partial charge in [-0.05, 0) is 12.0 Å². The van der Waals surface area contributed by atoms with E-state index in [1.54, 1.807) is 12.1 Å².